The third-order valence-corrected chi connectivity index (χ3v) is 6.49. The Bertz CT molecular complexity index is 1590. The number of fused-ring (bicyclic) bond motifs is 1. The van der Waals surface area contributed by atoms with E-state index >= 15 is 0 Å². The number of nitrogens with zero attached hydrogens (tertiary/aromatic N) is 2. The monoisotopic (exact) mass is 566 g/mol. The Balaban J connectivity index is 1.49. The van der Waals surface area contributed by atoms with E-state index in [1.165, 1.54) is 10.9 Å². The Labute approximate surface area is 234 Å². The molecule has 0 radical (unpaired) electrons. The van der Waals surface area contributed by atoms with Gasteiger partial charge in [0.05, 0.1) is 21.9 Å². The fourth-order valence-electron chi connectivity index (χ4n) is 3.75. The molecule has 3 aromatic carbocycles. The molecule has 1 aliphatic heterocycles. The normalized spacial score (nSPS) is 11.9. The second-order valence-electron chi connectivity index (χ2n) is 9.12. The largest absolute Gasteiger partial charge is 0.454 e. The van der Waals surface area contributed by atoms with Crippen LogP contribution in [0.2, 0.25) is 10.0 Å². The van der Waals surface area contributed by atoms with Crippen LogP contribution in [-0.2, 0) is 0 Å². The zero-order valence-electron chi connectivity index (χ0n) is 21.0. The highest BCUT2D eigenvalue weighted by molar-refractivity contribution is 6.42. The maximum Gasteiger partial charge on any atom is 0.299 e. The second kappa shape index (κ2) is 11.3. The van der Waals surface area contributed by atoms with Crippen molar-refractivity contribution in [2.45, 2.75) is 13.8 Å². The molecule has 11 heteroatoms. The molecule has 0 spiro atoms. The van der Waals surface area contributed by atoms with Crippen LogP contribution in [0, 0.1) is 5.92 Å². The summed E-state index contributed by atoms with van der Waals surface area (Å²) in [5, 5.41) is 10.9. The Hall–Kier alpha value is -4.21. The topological polar surface area (TPSA) is 104 Å². The number of amides is 1. The van der Waals surface area contributed by atoms with Crippen molar-refractivity contribution in [3.8, 4) is 28.7 Å². The lowest BCUT2D eigenvalue weighted by Gasteiger charge is -2.15. The van der Waals surface area contributed by atoms with E-state index in [1.54, 1.807) is 60.7 Å². The molecule has 0 bridgehead atoms. The molecule has 39 heavy (non-hydrogen) atoms. The van der Waals surface area contributed by atoms with Gasteiger partial charge in [0.1, 0.15) is 5.75 Å². The number of benzene rings is 3. The van der Waals surface area contributed by atoms with Gasteiger partial charge in [0.2, 0.25) is 6.79 Å². The van der Waals surface area contributed by atoms with Gasteiger partial charge >= 0.3 is 0 Å². The summed E-state index contributed by atoms with van der Waals surface area (Å²) in [6, 6.07) is 16.6. The van der Waals surface area contributed by atoms with Gasteiger partial charge in [-0.25, -0.2) is 0 Å². The number of hydrogen-bond donors (Lipinski definition) is 2. The number of carbonyl (C=O) groups is 1. The molecule has 200 valence electrons. The highest BCUT2D eigenvalue weighted by Crippen LogP contribution is 2.38. The molecule has 2 heterocycles. The average Bonchev–Trinajstić information content (AvgIpc) is 3.39. The highest BCUT2D eigenvalue weighted by Gasteiger charge is 2.19. The van der Waals surface area contributed by atoms with Gasteiger partial charge in [-0.15, -0.1) is 0 Å². The molecular weight excluding hydrogens is 543 g/mol. The van der Waals surface area contributed by atoms with E-state index in [0.717, 1.165) is 0 Å². The van der Waals surface area contributed by atoms with E-state index in [2.05, 4.69) is 15.7 Å². The quantitative estimate of drug-likeness (QED) is 0.262. The van der Waals surface area contributed by atoms with Crippen LogP contribution < -0.4 is 30.4 Å². The lowest BCUT2D eigenvalue weighted by atomic mass is 10.1. The summed E-state index contributed by atoms with van der Waals surface area (Å²) in [6.07, 6.45) is 1.42. The Morgan fingerprint density at radius 2 is 1.79 bits per heavy atom. The van der Waals surface area contributed by atoms with Crippen LogP contribution >= 0.6 is 23.2 Å². The number of rotatable bonds is 8. The maximum absolute atomic E-state index is 13.7. The summed E-state index contributed by atoms with van der Waals surface area (Å²) in [7, 11) is 0. The number of anilines is 2. The Morgan fingerprint density at radius 3 is 2.54 bits per heavy atom. The van der Waals surface area contributed by atoms with Gasteiger partial charge in [-0.3, -0.25) is 9.59 Å². The predicted molar refractivity (Wildman–Crippen MR) is 149 cm³/mol. The van der Waals surface area contributed by atoms with Crippen molar-refractivity contribution < 1.29 is 19.0 Å². The van der Waals surface area contributed by atoms with Crippen molar-refractivity contribution in [3.63, 3.8) is 0 Å². The summed E-state index contributed by atoms with van der Waals surface area (Å²) in [5.74, 6) is 1.90. The first-order valence-corrected chi connectivity index (χ1v) is 12.8. The highest BCUT2D eigenvalue weighted by atomic mass is 35.5. The molecule has 0 aliphatic carbocycles. The molecule has 9 nitrogen and oxygen atoms in total. The molecule has 0 atom stereocenters. The Kier molecular flexibility index (Phi) is 7.63. The molecule has 4 aromatic rings. The van der Waals surface area contributed by atoms with Crippen LogP contribution in [0.3, 0.4) is 0 Å². The van der Waals surface area contributed by atoms with E-state index < -0.39 is 5.56 Å². The molecule has 2 N–H and O–H groups in total. The molecule has 0 saturated carbocycles. The fourth-order valence-corrected chi connectivity index (χ4v) is 4.04. The third kappa shape index (κ3) is 5.94. The molecule has 0 fully saturated rings. The number of carbonyl (C=O) groups excluding carboxylic acids is 1. The molecule has 0 unspecified atom stereocenters. The number of ether oxygens (including phenoxy) is 3. The number of aromatic nitrogens is 2. The van der Waals surface area contributed by atoms with Gasteiger partial charge in [-0.05, 0) is 60.5 Å². The molecule has 1 aromatic heterocycles. The van der Waals surface area contributed by atoms with Gasteiger partial charge in [0, 0.05) is 23.9 Å². The van der Waals surface area contributed by atoms with Crippen molar-refractivity contribution >= 4 is 40.5 Å². The predicted octanol–water partition coefficient (Wildman–Crippen LogP) is 6.19. The minimum atomic E-state index is -0.495. The first kappa shape index (κ1) is 26.4. The maximum atomic E-state index is 13.7. The van der Waals surface area contributed by atoms with Crippen molar-refractivity contribution in [2.24, 2.45) is 5.92 Å². The molecule has 0 saturated heterocycles. The first-order valence-electron chi connectivity index (χ1n) is 12.1. The van der Waals surface area contributed by atoms with E-state index in [9.17, 15) is 9.59 Å². The van der Waals surface area contributed by atoms with Crippen LogP contribution in [0.25, 0.3) is 5.69 Å². The Morgan fingerprint density at radius 1 is 1.03 bits per heavy atom. The van der Waals surface area contributed by atoms with Crippen LogP contribution in [0.15, 0.2) is 71.7 Å². The standard InChI is InChI=1S/C28H24Cl2N4O5/c1-16(2)13-31-27(35)17-3-5-18(6-4-17)33-26-25(39-20-8-10-23-24(12-20)38-15-37-23)14-32-34(28(26)36)19-7-9-21(29)22(30)11-19/h3-12,14,16,33H,13,15H2,1-2H3,(H,31,35). The number of nitrogens with one attached hydrogen (secondary N) is 2. The van der Waals surface area contributed by atoms with E-state index in [1.807, 2.05) is 13.8 Å². The zero-order chi connectivity index (χ0) is 27.5. The summed E-state index contributed by atoms with van der Waals surface area (Å²) < 4.78 is 18.0. The van der Waals surface area contributed by atoms with E-state index in [-0.39, 0.29) is 29.2 Å². The molecule has 1 aliphatic rings. The van der Waals surface area contributed by atoms with E-state index in [0.29, 0.717) is 51.7 Å². The summed E-state index contributed by atoms with van der Waals surface area (Å²) >= 11 is 12.2. The fraction of sp³-hybridized carbons (Fsp3) is 0.179. The van der Waals surface area contributed by atoms with Gasteiger partial charge in [-0.1, -0.05) is 37.0 Å². The van der Waals surface area contributed by atoms with Crippen molar-refractivity contribution in [1.29, 1.82) is 0 Å². The lowest BCUT2D eigenvalue weighted by molar-refractivity contribution is 0.0949. The summed E-state index contributed by atoms with van der Waals surface area (Å²) in [5.41, 5.74) is 1.11. The van der Waals surface area contributed by atoms with Gasteiger partial charge in [0.25, 0.3) is 11.5 Å². The average molecular weight is 567 g/mol. The van der Waals surface area contributed by atoms with Crippen LogP contribution in [0.1, 0.15) is 24.2 Å². The van der Waals surface area contributed by atoms with Crippen molar-refractivity contribution in [1.82, 2.24) is 15.1 Å². The number of hydrogen-bond acceptors (Lipinski definition) is 7. The van der Waals surface area contributed by atoms with Gasteiger partial charge in [0.15, 0.2) is 22.9 Å². The van der Waals surface area contributed by atoms with Gasteiger partial charge in [-0.2, -0.15) is 9.78 Å². The zero-order valence-corrected chi connectivity index (χ0v) is 22.5. The summed E-state index contributed by atoms with van der Waals surface area (Å²) in [4.78, 5) is 26.1. The SMILES string of the molecule is CC(C)CNC(=O)c1ccc(Nc2c(Oc3ccc4c(c3)OCO4)cnn(-c3ccc(Cl)c(Cl)c3)c2=O)cc1. The molecule has 5 rings (SSSR count). The van der Waals surface area contributed by atoms with Crippen LogP contribution in [0.4, 0.5) is 11.4 Å². The second-order valence-corrected chi connectivity index (χ2v) is 9.94. The number of halogens is 2. The van der Waals surface area contributed by atoms with Gasteiger partial charge < -0.3 is 24.8 Å². The third-order valence-electron chi connectivity index (χ3n) is 5.75. The molecular formula is C28H24Cl2N4O5. The van der Waals surface area contributed by atoms with Crippen LogP contribution in [0.5, 0.6) is 23.0 Å². The van der Waals surface area contributed by atoms with Crippen LogP contribution in [-0.4, -0.2) is 29.0 Å². The minimum absolute atomic E-state index is 0.116. The first-order chi connectivity index (χ1) is 18.8. The van der Waals surface area contributed by atoms with E-state index in [4.69, 9.17) is 37.4 Å². The van der Waals surface area contributed by atoms with Crippen molar-refractivity contribution in [3.05, 3.63) is 92.8 Å². The lowest BCUT2D eigenvalue weighted by Crippen LogP contribution is -2.27. The molecule has 1 amide bonds. The summed E-state index contributed by atoms with van der Waals surface area (Å²) in [6.45, 7) is 4.75. The van der Waals surface area contributed by atoms with Crippen molar-refractivity contribution in [2.75, 3.05) is 18.7 Å². The minimum Gasteiger partial charge on any atom is -0.454 e. The smallest absolute Gasteiger partial charge is 0.299 e.